The van der Waals surface area contributed by atoms with Gasteiger partial charge in [0.15, 0.2) is 5.69 Å². The van der Waals surface area contributed by atoms with Crippen molar-refractivity contribution in [1.29, 1.82) is 0 Å². The highest BCUT2D eigenvalue weighted by Gasteiger charge is 2.27. The van der Waals surface area contributed by atoms with Crippen molar-refractivity contribution in [3.8, 4) is 16.9 Å². The van der Waals surface area contributed by atoms with Crippen LogP contribution in [0.25, 0.3) is 16.9 Å². The molecule has 1 heterocycles. The van der Waals surface area contributed by atoms with E-state index < -0.39 is 5.97 Å². The van der Waals surface area contributed by atoms with Crippen molar-refractivity contribution in [2.75, 3.05) is 0 Å². The van der Waals surface area contributed by atoms with Gasteiger partial charge in [-0.15, -0.1) is 0 Å². The number of imidazole rings is 1. The van der Waals surface area contributed by atoms with Gasteiger partial charge >= 0.3 is 5.97 Å². The summed E-state index contributed by atoms with van der Waals surface area (Å²) in [6, 6.07) is 14.4. The lowest BCUT2D eigenvalue weighted by Gasteiger charge is -2.20. The predicted octanol–water partition coefficient (Wildman–Crippen LogP) is 6.13. The molecule has 0 fully saturated rings. The van der Waals surface area contributed by atoms with Crippen LogP contribution in [0.1, 0.15) is 37.1 Å². The number of halogens is 2. The first-order valence-electron chi connectivity index (χ1n) is 8.52. The zero-order valence-electron chi connectivity index (χ0n) is 15.3. The maximum absolute atomic E-state index is 12.0. The SMILES string of the molecule is CC(C)(C)Cc1nc(C(=O)O)c(-c2cccc(Cl)c2)n1-c1cccc(Cl)c1. The number of aromatic nitrogens is 2. The lowest BCUT2D eigenvalue weighted by Crippen LogP contribution is -2.14. The predicted molar refractivity (Wildman–Crippen MR) is 109 cm³/mol. The molecule has 0 aliphatic heterocycles. The first-order valence-corrected chi connectivity index (χ1v) is 9.28. The molecule has 3 rings (SSSR count). The number of aromatic carboxylic acids is 1. The Labute approximate surface area is 168 Å². The summed E-state index contributed by atoms with van der Waals surface area (Å²) in [5, 5.41) is 10.9. The number of carboxylic acid groups (broad SMARTS) is 1. The molecule has 0 bridgehead atoms. The van der Waals surface area contributed by atoms with Crippen LogP contribution < -0.4 is 0 Å². The van der Waals surface area contributed by atoms with Crippen LogP contribution in [0.5, 0.6) is 0 Å². The maximum Gasteiger partial charge on any atom is 0.356 e. The van der Waals surface area contributed by atoms with Gasteiger partial charge in [-0.05, 0) is 35.7 Å². The van der Waals surface area contributed by atoms with E-state index in [-0.39, 0.29) is 11.1 Å². The minimum absolute atomic E-state index is 0.00325. The molecule has 0 amide bonds. The highest BCUT2D eigenvalue weighted by atomic mass is 35.5. The number of benzene rings is 2. The fourth-order valence-electron chi connectivity index (χ4n) is 3.00. The average molecular weight is 403 g/mol. The molecule has 27 heavy (non-hydrogen) atoms. The quantitative estimate of drug-likeness (QED) is 0.570. The van der Waals surface area contributed by atoms with E-state index in [1.54, 1.807) is 30.3 Å². The van der Waals surface area contributed by atoms with Gasteiger partial charge < -0.3 is 5.11 Å². The van der Waals surface area contributed by atoms with Crippen molar-refractivity contribution in [2.24, 2.45) is 5.41 Å². The average Bonchev–Trinajstić information content (AvgIpc) is 2.92. The van der Waals surface area contributed by atoms with Crippen LogP contribution in [-0.2, 0) is 6.42 Å². The Morgan fingerprint density at radius 3 is 2.26 bits per heavy atom. The lowest BCUT2D eigenvalue weighted by molar-refractivity contribution is 0.0691. The molecule has 6 heteroatoms. The summed E-state index contributed by atoms with van der Waals surface area (Å²) in [5.41, 5.74) is 1.86. The molecule has 0 saturated carbocycles. The third-order valence-electron chi connectivity index (χ3n) is 4.00. The van der Waals surface area contributed by atoms with Crippen LogP contribution >= 0.6 is 23.2 Å². The summed E-state index contributed by atoms with van der Waals surface area (Å²) in [4.78, 5) is 16.5. The van der Waals surface area contributed by atoms with Crippen LogP contribution in [0, 0.1) is 5.41 Å². The second-order valence-electron chi connectivity index (χ2n) is 7.59. The molecule has 0 aliphatic carbocycles. The van der Waals surface area contributed by atoms with Gasteiger partial charge in [0.2, 0.25) is 0 Å². The van der Waals surface area contributed by atoms with E-state index in [9.17, 15) is 9.90 Å². The summed E-state index contributed by atoms with van der Waals surface area (Å²) in [7, 11) is 0. The molecule has 0 unspecified atom stereocenters. The van der Waals surface area contributed by atoms with Gasteiger partial charge in [0.05, 0.1) is 5.69 Å². The molecule has 0 atom stereocenters. The first kappa shape index (κ1) is 19.5. The van der Waals surface area contributed by atoms with Crippen molar-refractivity contribution >= 4 is 29.2 Å². The Balaban J connectivity index is 2.37. The van der Waals surface area contributed by atoms with E-state index in [0.29, 0.717) is 33.5 Å². The summed E-state index contributed by atoms with van der Waals surface area (Å²) in [5.74, 6) is -0.418. The van der Waals surface area contributed by atoms with Crippen molar-refractivity contribution < 1.29 is 9.90 Å². The standard InChI is InChI=1S/C21H20Cl2N2O2/c1-21(2,3)12-17-24-18(20(26)27)19(13-6-4-7-14(22)10-13)25(17)16-9-5-8-15(23)11-16/h4-11H,12H2,1-3H3,(H,26,27). The maximum atomic E-state index is 12.0. The van der Waals surface area contributed by atoms with Gasteiger partial charge in [0, 0.05) is 27.7 Å². The van der Waals surface area contributed by atoms with E-state index in [1.165, 1.54) is 0 Å². The smallest absolute Gasteiger partial charge is 0.356 e. The van der Waals surface area contributed by atoms with Crippen molar-refractivity contribution in [1.82, 2.24) is 9.55 Å². The summed E-state index contributed by atoms with van der Waals surface area (Å²) in [6.07, 6.45) is 0.598. The third kappa shape index (κ3) is 4.34. The van der Waals surface area contributed by atoms with E-state index in [0.717, 1.165) is 5.69 Å². The Morgan fingerprint density at radius 2 is 1.70 bits per heavy atom. The molecule has 0 aliphatic rings. The molecule has 0 spiro atoms. The van der Waals surface area contributed by atoms with Gasteiger partial charge in [-0.25, -0.2) is 9.78 Å². The van der Waals surface area contributed by atoms with Gasteiger partial charge in [-0.3, -0.25) is 4.57 Å². The van der Waals surface area contributed by atoms with E-state index in [1.807, 2.05) is 22.8 Å². The second kappa shape index (κ2) is 7.37. The molecule has 4 nitrogen and oxygen atoms in total. The normalized spacial score (nSPS) is 11.6. The Kier molecular flexibility index (Phi) is 5.31. The molecule has 1 N–H and O–H groups in total. The fourth-order valence-corrected chi connectivity index (χ4v) is 3.38. The second-order valence-corrected chi connectivity index (χ2v) is 8.47. The van der Waals surface area contributed by atoms with E-state index in [2.05, 4.69) is 25.8 Å². The molecule has 0 radical (unpaired) electrons. The number of carbonyl (C=O) groups is 1. The number of hydrogen-bond acceptors (Lipinski definition) is 2. The molecule has 1 aromatic heterocycles. The van der Waals surface area contributed by atoms with Crippen LogP contribution in [-0.4, -0.2) is 20.6 Å². The van der Waals surface area contributed by atoms with Gasteiger partial charge in [-0.1, -0.05) is 62.2 Å². The number of nitrogens with zero attached hydrogens (tertiary/aromatic N) is 2. The first-order chi connectivity index (χ1) is 12.7. The molecule has 2 aromatic carbocycles. The lowest BCUT2D eigenvalue weighted by atomic mass is 9.92. The minimum Gasteiger partial charge on any atom is -0.476 e. The number of rotatable bonds is 4. The Morgan fingerprint density at radius 1 is 1.07 bits per heavy atom. The Bertz CT molecular complexity index is 1000. The van der Waals surface area contributed by atoms with Crippen molar-refractivity contribution in [3.63, 3.8) is 0 Å². The molecular weight excluding hydrogens is 383 g/mol. The highest BCUT2D eigenvalue weighted by molar-refractivity contribution is 6.31. The summed E-state index contributed by atoms with van der Waals surface area (Å²) < 4.78 is 1.87. The number of hydrogen-bond donors (Lipinski definition) is 1. The summed E-state index contributed by atoms with van der Waals surface area (Å²) >= 11 is 12.4. The molecule has 0 saturated heterocycles. The monoisotopic (exact) mass is 402 g/mol. The molecule has 3 aromatic rings. The fraction of sp³-hybridized carbons (Fsp3) is 0.238. The van der Waals surface area contributed by atoms with Crippen LogP contribution in [0.2, 0.25) is 10.0 Å². The van der Waals surface area contributed by atoms with Crippen molar-refractivity contribution in [2.45, 2.75) is 27.2 Å². The zero-order valence-corrected chi connectivity index (χ0v) is 16.8. The molecule has 140 valence electrons. The zero-order chi connectivity index (χ0) is 19.8. The van der Waals surface area contributed by atoms with Crippen LogP contribution in [0.3, 0.4) is 0 Å². The summed E-state index contributed by atoms with van der Waals surface area (Å²) in [6.45, 7) is 6.26. The van der Waals surface area contributed by atoms with Crippen molar-refractivity contribution in [3.05, 3.63) is 70.1 Å². The van der Waals surface area contributed by atoms with Gasteiger partial charge in [-0.2, -0.15) is 0 Å². The molecular formula is C21H20Cl2N2O2. The Hall–Kier alpha value is -2.30. The van der Waals surface area contributed by atoms with Crippen LogP contribution in [0.15, 0.2) is 48.5 Å². The van der Waals surface area contributed by atoms with E-state index in [4.69, 9.17) is 23.2 Å². The van der Waals surface area contributed by atoms with E-state index >= 15 is 0 Å². The van der Waals surface area contributed by atoms with Gasteiger partial charge in [0.25, 0.3) is 0 Å². The topological polar surface area (TPSA) is 55.1 Å². The minimum atomic E-state index is -1.08. The van der Waals surface area contributed by atoms with Crippen LogP contribution in [0.4, 0.5) is 0 Å². The third-order valence-corrected chi connectivity index (χ3v) is 4.47. The highest BCUT2D eigenvalue weighted by Crippen LogP contribution is 2.33. The number of carboxylic acids is 1. The van der Waals surface area contributed by atoms with Gasteiger partial charge in [0.1, 0.15) is 5.82 Å². The largest absolute Gasteiger partial charge is 0.476 e.